The number of nitrogens with zero attached hydrogens (tertiary/aromatic N) is 4. The minimum atomic E-state index is 0.765. The minimum absolute atomic E-state index is 0.765. The fraction of sp³-hybridized carbons (Fsp3) is 0.786. The predicted molar refractivity (Wildman–Crippen MR) is 74.7 cm³/mol. The Balaban J connectivity index is 1.79. The summed E-state index contributed by atoms with van der Waals surface area (Å²) in [5, 5.41) is 4.35. The normalized spacial score (nSPS) is 22.3. The average molecular weight is 250 g/mol. The zero-order chi connectivity index (χ0) is 13.0. The third-order valence-corrected chi connectivity index (χ3v) is 4.08. The zero-order valence-electron chi connectivity index (χ0n) is 12.0. The first-order chi connectivity index (χ1) is 8.66. The van der Waals surface area contributed by atoms with Gasteiger partial charge in [0.1, 0.15) is 0 Å². The van der Waals surface area contributed by atoms with Crippen LogP contribution in [0.1, 0.15) is 25.0 Å². The lowest BCUT2D eigenvalue weighted by molar-refractivity contribution is 0.242. The van der Waals surface area contributed by atoms with Crippen molar-refractivity contribution in [2.45, 2.75) is 38.8 Å². The van der Waals surface area contributed by atoms with Gasteiger partial charge < -0.3 is 9.80 Å². The molecular weight excluding hydrogens is 224 g/mol. The predicted octanol–water partition coefficient (Wildman–Crippen LogP) is 1.61. The molecule has 0 aromatic carbocycles. The van der Waals surface area contributed by atoms with E-state index in [1.165, 1.54) is 38.0 Å². The van der Waals surface area contributed by atoms with E-state index in [9.17, 15) is 0 Å². The molecule has 4 heteroatoms. The van der Waals surface area contributed by atoms with Gasteiger partial charge in [-0.1, -0.05) is 0 Å². The molecule has 0 bridgehead atoms. The maximum absolute atomic E-state index is 4.35. The van der Waals surface area contributed by atoms with Gasteiger partial charge in [-0.3, -0.25) is 4.68 Å². The Morgan fingerprint density at radius 3 is 2.78 bits per heavy atom. The van der Waals surface area contributed by atoms with Gasteiger partial charge in [0.2, 0.25) is 0 Å². The monoisotopic (exact) mass is 250 g/mol. The van der Waals surface area contributed by atoms with Crippen LogP contribution in [0, 0.1) is 6.92 Å². The third-order valence-electron chi connectivity index (χ3n) is 4.08. The first-order valence-electron chi connectivity index (χ1n) is 7.04. The Kier molecular flexibility index (Phi) is 4.78. The van der Waals surface area contributed by atoms with Crippen LogP contribution < -0.4 is 0 Å². The van der Waals surface area contributed by atoms with Gasteiger partial charge in [-0.05, 0) is 59.4 Å². The summed E-state index contributed by atoms with van der Waals surface area (Å²) in [6.45, 7) is 6.74. The molecule has 1 fully saturated rings. The second-order valence-electron chi connectivity index (χ2n) is 5.59. The molecule has 0 N–H and O–H groups in total. The highest BCUT2D eigenvalue weighted by Gasteiger charge is 2.18. The van der Waals surface area contributed by atoms with Gasteiger partial charge in [0.25, 0.3) is 0 Å². The quantitative estimate of drug-likeness (QED) is 0.811. The van der Waals surface area contributed by atoms with Crippen LogP contribution in [0.2, 0.25) is 0 Å². The molecule has 1 aliphatic rings. The molecule has 0 aliphatic carbocycles. The van der Waals surface area contributed by atoms with Crippen LogP contribution in [-0.2, 0) is 6.54 Å². The number of aryl methyl sites for hydroxylation is 1. The highest BCUT2D eigenvalue weighted by molar-refractivity contribution is 4.96. The van der Waals surface area contributed by atoms with Crippen molar-refractivity contribution in [2.24, 2.45) is 0 Å². The Morgan fingerprint density at radius 2 is 2.11 bits per heavy atom. The summed E-state index contributed by atoms with van der Waals surface area (Å²) in [7, 11) is 4.40. The first kappa shape index (κ1) is 13.6. The molecule has 102 valence electrons. The van der Waals surface area contributed by atoms with E-state index >= 15 is 0 Å². The Morgan fingerprint density at radius 1 is 1.28 bits per heavy atom. The van der Waals surface area contributed by atoms with Crippen LogP contribution in [0.25, 0.3) is 0 Å². The fourth-order valence-electron chi connectivity index (χ4n) is 2.75. The summed E-state index contributed by atoms with van der Waals surface area (Å²) in [6.07, 6.45) is 5.84. The second-order valence-corrected chi connectivity index (χ2v) is 5.59. The molecule has 4 nitrogen and oxygen atoms in total. The molecule has 2 heterocycles. The molecule has 1 saturated heterocycles. The Bertz CT molecular complexity index is 358. The van der Waals surface area contributed by atoms with E-state index in [-0.39, 0.29) is 0 Å². The summed E-state index contributed by atoms with van der Waals surface area (Å²) in [6, 6.07) is 2.84. The summed E-state index contributed by atoms with van der Waals surface area (Å²) in [5.74, 6) is 0. The van der Waals surface area contributed by atoms with Crippen LogP contribution in [0.3, 0.4) is 0 Å². The molecule has 0 amide bonds. The van der Waals surface area contributed by atoms with E-state index in [1.807, 2.05) is 6.20 Å². The van der Waals surface area contributed by atoms with E-state index in [4.69, 9.17) is 0 Å². The molecular formula is C14H26N4. The van der Waals surface area contributed by atoms with E-state index in [0.29, 0.717) is 0 Å². The summed E-state index contributed by atoms with van der Waals surface area (Å²) in [5.41, 5.74) is 1.26. The van der Waals surface area contributed by atoms with Gasteiger partial charge in [-0.25, -0.2) is 0 Å². The molecule has 0 radical (unpaired) electrons. The lowest BCUT2D eigenvalue weighted by Crippen LogP contribution is -2.31. The fourth-order valence-corrected chi connectivity index (χ4v) is 2.75. The summed E-state index contributed by atoms with van der Waals surface area (Å²) >= 11 is 0. The lowest BCUT2D eigenvalue weighted by Gasteiger charge is -2.23. The summed E-state index contributed by atoms with van der Waals surface area (Å²) in [4.78, 5) is 4.96. The molecule has 18 heavy (non-hydrogen) atoms. The first-order valence-corrected chi connectivity index (χ1v) is 7.04. The van der Waals surface area contributed by atoms with Crippen LogP contribution in [0.5, 0.6) is 0 Å². The van der Waals surface area contributed by atoms with Gasteiger partial charge in [0.15, 0.2) is 0 Å². The molecule has 1 aromatic heterocycles. The Labute approximate surface area is 111 Å². The van der Waals surface area contributed by atoms with Gasteiger partial charge in [0.05, 0.1) is 6.54 Å². The molecule has 2 rings (SSSR count). The number of rotatable bonds is 4. The highest BCUT2D eigenvalue weighted by Crippen LogP contribution is 2.14. The number of likely N-dealkylation sites (tertiary alicyclic amines) is 1. The SMILES string of the molecule is Cc1ccnn1CCN1CCC[C@H](N(C)C)CC1. The second kappa shape index (κ2) is 6.34. The average Bonchev–Trinajstić information content (AvgIpc) is 2.62. The largest absolute Gasteiger partial charge is 0.306 e. The van der Waals surface area contributed by atoms with Crippen molar-refractivity contribution in [3.63, 3.8) is 0 Å². The molecule has 0 unspecified atom stereocenters. The van der Waals surface area contributed by atoms with Gasteiger partial charge in [0, 0.05) is 24.5 Å². The van der Waals surface area contributed by atoms with Crippen molar-refractivity contribution in [3.05, 3.63) is 18.0 Å². The summed E-state index contributed by atoms with van der Waals surface area (Å²) < 4.78 is 2.11. The highest BCUT2D eigenvalue weighted by atomic mass is 15.3. The minimum Gasteiger partial charge on any atom is -0.306 e. The topological polar surface area (TPSA) is 24.3 Å². The van der Waals surface area contributed by atoms with Crippen molar-refractivity contribution in [1.29, 1.82) is 0 Å². The van der Waals surface area contributed by atoms with Crippen LogP contribution in [0.15, 0.2) is 12.3 Å². The molecule has 0 saturated carbocycles. The maximum Gasteiger partial charge on any atom is 0.0539 e. The molecule has 0 spiro atoms. The van der Waals surface area contributed by atoms with Crippen LogP contribution in [-0.4, -0.2) is 59.4 Å². The standard InChI is InChI=1S/C14H26N4/c1-13-6-8-15-18(13)12-11-17-9-4-5-14(7-10-17)16(2)3/h6,8,14H,4-5,7,9-12H2,1-3H3/t14-/m0/s1. The zero-order valence-corrected chi connectivity index (χ0v) is 12.0. The van der Waals surface area contributed by atoms with Crippen LogP contribution in [0.4, 0.5) is 0 Å². The van der Waals surface area contributed by atoms with Crippen LogP contribution >= 0.6 is 0 Å². The third kappa shape index (κ3) is 3.56. The molecule has 1 aromatic rings. The smallest absolute Gasteiger partial charge is 0.0539 e. The lowest BCUT2D eigenvalue weighted by atomic mass is 10.1. The maximum atomic E-state index is 4.35. The Hall–Kier alpha value is -0.870. The van der Waals surface area contributed by atoms with Crippen molar-refractivity contribution >= 4 is 0 Å². The van der Waals surface area contributed by atoms with Crippen molar-refractivity contribution in [1.82, 2.24) is 19.6 Å². The number of hydrogen-bond acceptors (Lipinski definition) is 3. The molecule has 1 aliphatic heterocycles. The van der Waals surface area contributed by atoms with Crippen molar-refractivity contribution in [3.8, 4) is 0 Å². The van der Waals surface area contributed by atoms with E-state index in [1.54, 1.807) is 0 Å². The number of aromatic nitrogens is 2. The van der Waals surface area contributed by atoms with Crippen molar-refractivity contribution in [2.75, 3.05) is 33.7 Å². The molecule has 1 atom stereocenters. The van der Waals surface area contributed by atoms with E-state index < -0.39 is 0 Å². The van der Waals surface area contributed by atoms with E-state index in [2.05, 4.69) is 46.7 Å². The van der Waals surface area contributed by atoms with Gasteiger partial charge in [-0.2, -0.15) is 5.10 Å². The van der Waals surface area contributed by atoms with E-state index in [0.717, 1.165) is 19.1 Å². The van der Waals surface area contributed by atoms with Crippen molar-refractivity contribution < 1.29 is 0 Å². The number of hydrogen-bond donors (Lipinski definition) is 0. The van der Waals surface area contributed by atoms with Gasteiger partial charge >= 0.3 is 0 Å². The van der Waals surface area contributed by atoms with Gasteiger partial charge in [-0.15, -0.1) is 0 Å².